The monoisotopic (exact) mass is 226 g/mol. The third-order valence-corrected chi connectivity index (χ3v) is 3.05. The van der Waals surface area contributed by atoms with E-state index < -0.39 is 12.2 Å². The van der Waals surface area contributed by atoms with E-state index in [4.69, 9.17) is 0 Å². The molecule has 1 saturated carbocycles. The van der Waals surface area contributed by atoms with Gasteiger partial charge in [0.15, 0.2) is 0 Å². The van der Waals surface area contributed by atoms with Crippen molar-refractivity contribution < 1.29 is 15.0 Å². The molecular weight excluding hydrogens is 204 g/mol. The fourth-order valence-electron chi connectivity index (χ4n) is 2.04. The van der Waals surface area contributed by atoms with Crippen LogP contribution in [0.1, 0.15) is 45.4 Å². The van der Waals surface area contributed by atoms with E-state index in [0.29, 0.717) is 6.42 Å². The van der Waals surface area contributed by atoms with Crippen molar-refractivity contribution in [2.45, 2.75) is 57.7 Å². The van der Waals surface area contributed by atoms with Crippen molar-refractivity contribution in [2.24, 2.45) is 5.92 Å². The van der Waals surface area contributed by atoms with Crippen LogP contribution >= 0.6 is 0 Å². The molecule has 0 saturated heterocycles. The average Bonchev–Trinajstić information content (AvgIpc) is 2.55. The molecule has 3 heteroatoms. The Morgan fingerprint density at radius 1 is 1.50 bits per heavy atom. The van der Waals surface area contributed by atoms with Crippen molar-refractivity contribution in [2.75, 3.05) is 0 Å². The summed E-state index contributed by atoms with van der Waals surface area (Å²) in [5.74, 6) is -0.0969. The number of allylic oxidation sites excluding steroid dienone is 1. The first-order chi connectivity index (χ1) is 7.63. The summed E-state index contributed by atoms with van der Waals surface area (Å²) in [6.07, 6.45) is 7.35. The van der Waals surface area contributed by atoms with Gasteiger partial charge in [0.25, 0.3) is 0 Å². The molecule has 1 aliphatic carbocycles. The van der Waals surface area contributed by atoms with Crippen LogP contribution in [-0.4, -0.2) is 28.2 Å². The summed E-state index contributed by atoms with van der Waals surface area (Å²) >= 11 is 0. The molecule has 3 atom stereocenters. The second-order valence-corrected chi connectivity index (χ2v) is 4.61. The van der Waals surface area contributed by atoms with E-state index in [2.05, 4.69) is 6.92 Å². The van der Waals surface area contributed by atoms with Gasteiger partial charge >= 0.3 is 0 Å². The highest BCUT2D eigenvalue weighted by atomic mass is 16.3. The van der Waals surface area contributed by atoms with E-state index in [9.17, 15) is 15.0 Å². The molecule has 0 bridgehead atoms. The number of Topliss-reactive ketones (excluding diaryl/α,β-unsaturated/α-hetero) is 1. The first-order valence-corrected chi connectivity index (χ1v) is 6.20. The van der Waals surface area contributed by atoms with Gasteiger partial charge in [-0.1, -0.05) is 38.3 Å². The van der Waals surface area contributed by atoms with Crippen LogP contribution in [-0.2, 0) is 4.79 Å². The summed E-state index contributed by atoms with van der Waals surface area (Å²) in [6, 6.07) is 0. The lowest BCUT2D eigenvalue weighted by molar-refractivity contribution is -0.119. The largest absolute Gasteiger partial charge is 0.393 e. The van der Waals surface area contributed by atoms with Gasteiger partial charge in [0.1, 0.15) is 5.78 Å². The number of aliphatic hydroxyl groups is 2. The molecule has 0 aliphatic heterocycles. The number of carbonyl (C=O) groups excluding carboxylic acids is 1. The number of aliphatic hydroxyl groups excluding tert-OH is 2. The number of carbonyl (C=O) groups is 1. The number of hydrogen-bond acceptors (Lipinski definition) is 3. The van der Waals surface area contributed by atoms with Gasteiger partial charge in [0.2, 0.25) is 0 Å². The molecular formula is C13H22O3. The summed E-state index contributed by atoms with van der Waals surface area (Å²) in [6.45, 7) is 2.13. The standard InChI is InChI=1S/C13H22O3/c1-2-3-4-5-11(14)7-6-10-8-12(15)9-13(10)16/h6-7,10-12,14-15H,2-5,8-9H2,1H3. The summed E-state index contributed by atoms with van der Waals surface area (Å²) < 4.78 is 0. The van der Waals surface area contributed by atoms with Crippen LogP contribution < -0.4 is 0 Å². The molecule has 0 aromatic rings. The zero-order valence-electron chi connectivity index (χ0n) is 9.93. The highest BCUT2D eigenvalue weighted by Gasteiger charge is 2.29. The van der Waals surface area contributed by atoms with Gasteiger partial charge in [-0.05, 0) is 12.8 Å². The Labute approximate surface area is 97.2 Å². The molecule has 2 N–H and O–H groups in total. The molecule has 0 amide bonds. The lowest BCUT2D eigenvalue weighted by atomic mass is 10.0. The summed E-state index contributed by atoms with van der Waals surface area (Å²) in [5, 5.41) is 18.9. The van der Waals surface area contributed by atoms with E-state index in [-0.39, 0.29) is 18.1 Å². The van der Waals surface area contributed by atoms with Crippen LogP contribution in [0.2, 0.25) is 0 Å². The van der Waals surface area contributed by atoms with Gasteiger partial charge in [-0.15, -0.1) is 0 Å². The molecule has 3 nitrogen and oxygen atoms in total. The molecule has 0 aromatic carbocycles. The number of hydrogen-bond donors (Lipinski definition) is 2. The summed E-state index contributed by atoms with van der Waals surface area (Å²) in [5.41, 5.74) is 0. The third-order valence-electron chi connectivity index (χ3n) is 3.05. The maximum absolute atomic E-state index is 11.4. The summed E-state index contributed by atoms with van der Waals surface area (Å²) in [4.78, 5) is 11.4. The van der Waals surface area contributed by atoms with E-state index in [1.54, 1.807) is 12.2 Å². The van der Waals surface area contributed by atoms with Crippen molar-refractivity contribution in [3.8, 4) is 0 Å². The van der Waals surface area contributed by atoms with Crippen molar-refractivity contribution in [3.63, 3.8) is 0 Å². The minimum absolute atomic E-state index is 0.0875. The fourth-order valence-corrected chi connectivity index (χ4v) is 2.04. The third kappa shape index (κ3) is 4.45. The van der Waals surface area contributed by atoms with Crippen LogP contribution in [0.3, 0.4) is 0 Å². The van der Waals surface area contributed by atoms with E-state index in [1.807, 2.05) is 0 Å². The molecule has 0 spiro atoms. The Bertz CT molecular complexity index is 248. The van der Waals surface area contributed by atoms with Crippen molar-refractivity contribution >= 4 is 5.78 Å². The van der Waals surface area contributed by atoms with E-state index in [0.717, 1.165) is 25.7 Å². The van der Waals surface area contributed by atoms with Crippen molar-refractivity contribution in [1.82, 2.24) is 0 Å². The number of ketones is 1. The summed E-state index contributed by atoms with van der Waals surface area (Å²) in [7, 11) is 0. The van der Waals surface area contributed by atoms with Crippen LogP contribution in [0.25, 0.3) is 0 Å². The highest BCUT2D eigenvalue weighted by Crippen LogP contribution is 2.23. The van der Waals surface area contributed by atoms with Crippen LogP contribution in [0.15, 0.2) is 12.2 Å². The van der Waals surface area contributed by atoms with Crippen molar-refractivity contribution in [3.05, 3.63) is 12.2 Å². The Balaban J connectivity index is 2.27. The first kappa shape index (κ1) is 13.4. The molecule has 1 fully saturated rings. The first-order valence-electron chi connectivity index (χ1n) is 6.20. The maximum atomic E-state index is 11.4. The smallest absolute Gasteiger partial charge is 0.142 e. The molecule has 1 rings (SSSR count). The Morgan fingerprint density at radius 2 is 2.25 bits per heavy atom. The van der Waals surface area contributed by atoms with E-state index in [1.165, 1.54) is 0 Å². The molecule has 92 valence electrons. The SMILES string of the molecule is CCCCCC(O)C=CC1CC(O)CC1=O. The molecule has 0 radical (unpaired) electrons. The fraction of sp³-hybridized carbons (Fsp3) is 0.769. The lowest BCUT2D eigenvalue weighted by Crippen LogP contribution is -2.06. The molecule has 0 heterocycles. The average molecular weight is 226 g/mol. The van der Waals surface area contributed by atoms with Gasteiger partial charge < -0.3 is 10.2 Å². The second-order valence-electron chi connectivity index (χ2n) is 4.61. The number of rotatable bonds is 6. The topological polar surface area (TPSA) is 57.5 Å². The quantitative estimate of drug-likeness (QED) is 0.536. The molecule has 1 aliphatic rings. The Kier molecular flexibility index (Phi) is 5.71. The molecule has 16 heavy (non-hydrogen) atoms. The molecule has 0 aromatic heterocycles. The van der Waals surface area contributed by atoms with Gasteiger partial charge in [0, 0.05) is 12.3 Å². The minimum atomic E-state index is -0.487. The van der Waals surface area contributed by atoms with Gasteiger partial charge in [-0.25, -0.2) is 0 Å². The van der Waals surface area contributed by atoms with Crippen LogP contribution in [0.4, 0.5) is 0 Å². The minimum Gasteiger partial charge on any atom is -0.393 e. The lowest BCUT2D eigenvalue weighted by Gasteiger charge is -2.06. The van der Waals surface area contributed by atoms with Gasteiger partial charge in [-0.3, -0.25) is 4.79 Å². The normalized spacial score (nSPS) is 27.8. The maximum Gasteiger partial charge on any atom is 0.142 e. The second kappa shape index (κ2) is 6.81. The predicted molar refractivity (Wildman–Crippen MR) is 63.0 cm³/mol. The van der Waals surface area contributed by atoms with Gasteiger partial charge in [-0.2, -0.15) is 0 Å². The number of unbranched alkanes of at least 4 members (excludes halogenated alkanes) is 2. The van der Waals surface area contributed by atoms with Crippen molar-refractivity contribution in [1.29, 1.82) is 0 Å². The predicted octanol–water partition coefficient (Wildman–Crippen LogP) is 1.82. The molecule has 3 unspecified atom stereocenters. The Hall–Kier alpha value is -0.670. The zero-order chi connectivity index (χ0) is 12.0. The van der Waals surface area contributed by atoms with Gasteiger partial charge in [0.05, 0.1) is 12.2 Å². The van der Waals surface area contributed by atoms with E-state index >= 15 is 0 Å². The Morgan fingerprint density at radius 3 is 2.81 bits per heavy atom. The zero-order valence-corrected chi connectivity index (χ0v) is 9.93. The highest BCUT2D eigenvalue weighted by molar-refractivity contribution is 5.85. The van der Waals surface area contributed by atoms with Crippen LogP contribution in [0, 0.1) is 5.92 Å². The van der Waals surface area contributed by atoms with Crippen LogP contribution in [0.5, 0.6) is 0 Å².